The van der Waals surface area contributed by atoms with Crippen molar-refractivity contribution >= 4 is 17.5 Å². The zero-order valence-electron chi connectivity index (χ0n) is 21.5. The summed E-state index contributed by atoms with van der Waals surface area (Å²) < 4.78 is 1.89. The molecule has 7 nitrogen and oxygen atoms in total. The van der Waals surface area contributed by atoms with Gasteiger partial charge in [0.15, 0.2) is 5.69 Å². The van der Waals surface area contributed by atoms with Crippen LogP contribution in [0.4, 0.5) is 0 Å². The molecule has 2 atom stereocenters. The van der Waals surface area contributed by atoms with Gasteiger partial charge in [0.05, 0.1) is 10.7 Å². The lowest BCUT2D eigenvalue weighted by molar-refractivity contribution is 0.0821. The van der Waals surface area contributed by atoms with Crippen molar-refractivity contribution in [3.63, 3.8) is 0 Å². The summed E-state index contributed by atoms with van der Waals surface area (Å²) >= 11 is 6.37. The number of likely N-dealkylation sites (tertiary alicyclic amines) is 1. The van der Waals surface area contributed by atoms with Gasteiger partial charge in [0.2, 0.25) is 0 Å². The maximum Gasteiger partial charge on any atom is 0.275 e. The van der Waals surface area contributed by atoms with Crippen molar-refractivity contribution in [3.05, 3.63) is 16.4 Å². The first-order valence-electron chi connectivity index (χ1n) is 12.4. The van der Waals surface area contributed by atoms with E-state index in [1.54, 1.807) is 14.1 Å². The second kappa shape index (κ2) is 12.4. The monoisotopic (exact) mass is 468 g/mol. The normalized spacial score (nSPS) is 23.1. The van der Waals surface area contributed by atoms with Gasteiger partial charge in [0.25, 0.3) is 5.91 Å². The molecule has 1 aromatic heterocycles. The highest BCUT2D eigenvalue weighted by Crippen LogP contribution is 2.26. The van der Waals surface area contributed by atoms with Crippen LogP contribution in [-0.4, -0.2) is 88.3 Å². The maximum atomic E-state index is 12.0. The minimum Gasteiger partial charge on any atom is -0.343 e. The van der Waals surface area contributed by atoms with Crippen LogP contribution in [0, 0.1) is 0 Å². The molecule has 32 heavy (non-hydrogen) atoms. The first kappa shape index (κ1) is 27.1. The van der Waals surface area contributed by atoms with Crippen molar-refractivity contribution in [1.82, 2.24) is 29.8 Å². The van der Waals surface area contributed by atoms with E-state index in [1.807, 2.05) is 18.5 Å². The number of halogens is 1. The van der Waals surface area contributed by atoms with Crippen molar-refractivity contribution in [2.75, 3.05) is 33.7 Å². The summed E-state index contributed by atoms with van der Waals surface area (Å²) in [5, 5.41) is 8.53. The molecular formula is C24H45ClN6O. The summed E-state index contributed by atoms with van der Waals surface area (Å²) in [6, 6.07) is 2.80. The number of hydrogen-bond acceptors (Lipinski definition) is 5. The fourth-order valence-electron chi connectivity index (χ4n) is 4.55. The zero-order chi connectivity index (χ0) is 24.0. The van der Waals surface area contributed by atoms with Crippen LogP contribution >= 0.6 is 11.6 Å². The molecule has 4 rings (SSSR count). The van der Waals surface area contributed by atoms with Gasteiger partial charge in [0, 0.05) is 71.0 Å². The van der Waals surface area contributed by atoms with Crippen LogP contribution in [-0.2, 0) is 13.1 Å². The molecule has 1 N–H and O–H groups in total. The van der Waals surface area contributed by atoms with E-state index < -0.39 is 0 Å². The smallest absolute Gasteiger partial charge is 0.275 e. The highest BCUT2D eigenvalue weighted by atomic mass is 35.5. The van der Waals surface area contributed by atoms with Crippen molar-refractivity contribution in [2.24, 2.45) is 0 Å². The third kappa shape index (κ3) is 6.69. The molecule has 0 aromatic carbocycles. The van der Waals surface area contributed by atoms with Gasteiger partial charge >= 0.3 is 0 Å². The largest absolute Gasteiger partial charge is 0.343 e. The highest BCUT2D eigenvalue weighted by Gasteiger charge is 2.32. The van der Waals surface area contributed by atoms with Crippen LogP contribution in [0.1, 0.15) is 77.0 Å². The maximum absolute atomic E-state index is 12.0. The fraction of sp³-hybridized carbons (Fsp3) is 0.833. The van der Waals surface area contributed by atoms with Crippen LogP contribution in [0.3, 0.4) is 0 Å². The molecule has 0 saturated carbocycles. The van der Waals surface area contributed by atoms with Crippen LogP contribution in [0.15, 0.2) is 0 Å². The Kier molecular flexibility index (Phi) is 10.5. The van der Waals surface area contributed by atoms with Gasteiger partial charge in [-0.3, -0.25) is 19.3 Å². The average Bonchev–Trinajstić information content (AvgIpc) is 3.16. The first-order chi connectivity index (χ1) is 15.2. The number of amides is 1. The molecule has 2 unspecified atom stereocenters. The lowest BCUT2D eigenvalue weighted by atomic mass is 10.2. The van der Waals surface area contributed by atoms with E-state index in [0.29, 0.717) is 16.8 Å². The first-order valence-corrected chi connectivity index (χ1v) is 12.8. The van der Waals surface area contributed by atoms with Crippen molar-refractivity contribution in [2.45, 2.75) is 98.1 Å². The second-order valence-corrected chi connectivity index (χ2v) is 10.0. The third-order valence-corrected chi connectivity index (χ3v) is 6.87. The van der Waals surface area contributed by atoms with Crippen molar-refractivity contribution in [1.29, 1.82) is 0 Å². The number of carbonyl (C=O) groups excluding carboxylic acids is 1. The molecule has 0 aliphatic carbocycles. The summed E-state index contributed by atoms with van der Waals surface area (Å²) in [4.78, 5) is 18.5. The molecule has 0 radical (unpaired) electrons. The van der Waals surface area contributed by atoms with E-state index in [2.05, 4.69) is 47.9 Å². The molecule has 3 aliphatic rings. The molecule has 2 bridgehead atoms. The van der Waals surface area contributed by atoms with Gasteiger partial charge in [-0.15, -0.1) is 0 Å². The SMILES string of the molecule is CC.CC(C)N1CC2CCC(C1)N2.CC(C)N1CCCn2nc(C(=O)N(C)C)c(Cl)c2C1. The van der Waals surface area contributed by atoms with Crippen molar-refractivity contribution in [3.8, 4) is 0 Å². The molecule has 1 aromatic rings. The number of nitrogens with one attached hydrogen (secondary N) is 1. The number of hydrogen-bond donors (Lipinski definition) is 1. The Hall–Kier alpha value is -1.15. The number of fused-ring (bicyclic) bond motifs is 3. The lowest BCUT2D eigenvalue weighted by Gasteiger charge is -2.35. The van der Waals surface area contributed by atoms with Gasteiger partial charge in [-0.25, -0.2) is 0 Å². The summed E-state index contributed by atoms with van der Waals surface area (Å²) in [5.74, 6) is -0.137. The summed E-state index contributed by atoms with van der Waals surface area (Å²) in [6.07, 6.45) is 3.82. The van der Waals surface area contributed by atoms with Gasteiger partial charge in [-0.1, -0.05) is 25.4 Å². The standard InChI is InChI=1S/C13H21ClN4O.C9H18N2.C2H6/c1-9(2)17-6-5-7-18-10(8-17)11(14)12(15-18)13(19)16(3)4;1-7(2)11-5-8-3-4-9(6-11)10-8;1-2/h9H,5-8H2,1-4H3;7-10H,3-6H2,1-2H3;1-2H3. The Balaban J connectivity index is 0.000000236. The molecular weight excluding hydrogens is 424 g/mol. The Morgan fingerprint density at radius 3 is 2.09 bits per heavy atom. The van der Waals surface area contributed by atoms with E-state index in [-0.39, 0.29) is 5.91 Å². The van der Waals surface area contributed by atoms with Crippen molar-refractivity contribution < 1.29 is 4.79 Å². The number of rotatable bonds is 3. The molecule has 2 fully saturated rings. The topological polar surface area (TPSA) is 56.6 Å². The van der Waals surface area contributed by atoms with Gasteiger partial charge in [0.1, 0.15) is 0 Å². The van der Waals surface area contributed by atoms with Gasteiger partial charge in [-0.05, 0) is 47.0 Å². The number of carbonyl (C=O) groups is 1. The Bertz CT molecular complexity index is 720. The number of aryl methyl sites for hydroxylation is 1. The van der Waals surface area contributed by atoms with Crippen LogP contribution in [0.25, 0.3) is 0 Å². The quantitative estimate of drug-likeness (QED) is 0.732. The van der Waals surface area contributed by atoms with E-state index in [1.165, 1.54) is 30.8 Å². The number of aromatic nitrogens is 2. The van der Waals surface area contributed by atoms with E-state index >= 15 is 0 Å². The van der Waals surface area contributed by atoms with E-state index in [0.717, 1.165) is 49.9 Å². The molecule has 184 valence electrons. The number of piperazine rings is 1. The minimum absolute atomic E-state index is 0.137. The Labute approximate surface area is 200 Å². The second-order valence-electron chi connectivity index (χ2n) is 9.64. The minimum atomic E-state index is -0.137. The van der Waals surface area contributed by atoms with Crippen LogP contribution in [0.2, 0.25) is 5.02 Å². The average molecular weight is 469 g/mol. The zero-order valence-corrected chi connectivity index (χ0v) is 22.2. The molecule has 2 saturated heterocycles. The molecule has 1 amide bonds. The Morgan fingerprint density at radius 1 is 1.03 bits per heavy atom. The lowest BCUT2D eigenvalue weighted by Crippen LogP contribution is -2.53. The summed E-state index contributed by atoms with van der Waals surface area (Å²) in [6.45, 7) is 18.1. The molecule has 3 aliphatic heterocycles. The summed E-state index contributed by atoms with van der Waals surface area (Å²) in [7, 11) is 3.42. The van der Waals surface area contributed by atoms with Gasteiger partial charge in [-0.2, -0.15) is 5.10 Å². The van der Waals surface area contributed by atoms with E-state index in [4.69, 9.17) is 11.6 Å². The molecule has 4 heterocycles. The Morgan fingerprint density at radius 2 is 1.59 bits per heavy atom. The molecule has 8 heteroatoms. The summed E-state index contributed by atoms with van der Waals surface area (Å²) in [5.41, 5.74) is 1.32. The van der Waals surface area contributed by atoms with Crippen LogP contribution < -0.4 is 5.32 Å². The molecule has 0 spiro atoms. The van der Waals surface area contributed by atoms with E-state index in [9.17, 15) is 4.79 Å². The van der Waals surface area contributed by atoms with Gasteiger partial charge < -0.3 is 10.2 Å². The predicted molar refractivity (Wildman–Crippen MR) is 133 cm³/mol. The third-order valence-electron chi connectivity index (χ3n) is 6.48. The highest BCUT2D eigenvalue weighted by molar-refractivity contribution is 6.34. The predicted octanol–water partition coefficient (Wildman–Crippen LogP) is 3.71. The van der Waals surface area contributed by atoms with Crippen LogP contribution in [0.5, 0.6) is 0 Å². The fourth-order valence-corrected chi connectivity index (χ4v) is 4.82. The number of nitrogens with zero attached hydrogens (tertiary/aromatic N) is 5.